The van der Waals surface area contributed by atoms with Gasteiger partial charge < -0.3 is 9.47 Å². The Balaban J connectivity index is 1.40. The summed E-state index contributed by atoms with van der Waals surface area (Å²) in [5.74, 6) is 1.42. The van der Waals surface area contributed by atoms with Gasteiger partial charge in [-0.25, -0.2) is 0 Å². The number of ether oxygens (including phenoxy) is 2. The van der Waals surface area contributed by atoms with Gasteiger partial charge in [0.2, 0.25) is 6.79 Å². The highest BCUT2D eigenvalue weighted by atomic mass is 16.7. The van der Waals surface area contributed by atoms with Gasteiger partial charge in [0.25, 0.3) is 0 Å². The lowest BCUT2D eigenvalue weighted by Crippen LogP contribution is -2.15. The number of Topliss-reactive ketones (excluding diaryl/α,β-unsaturated/α-hetero) is 1. The zero-order chi connectivity index (χ0) is 15.6. The molecule has 0 saturated heterocycles. The third kappa shape index (κ3) is 2.77. The third-order valence-electron chi connectivity index (χ3n) is 4.08. The Morgan fingerprint density at radius 1 is 1.13 bits per heavy atom. The SMILES string of the molecule is O=C(CCC1=NNc2ccccc2C1)c1ccc2c(c1)OCO2. The van der Waals surface area contributed by atoms with Crippen molar-refractivity contribution in [2.45, 2.75) is 19.3 Å². The number of hydrogen-bond donors (Lipinski definition) is 1. The minimum absolute atomic E-state index is 0.0878. The molecule has 2 aliphatic heterocycles. The molecule has 5 nitrogen and oxygen atoms in total. The molecule has 0 aromatic heterocycles. The van der Waals surface area contributed by atoms with Crippen LogP contribution in [0.1, 0.15) is 28.8 Å². The summed E-state index contributed by atoms with van der Waals surface area (Å²) >= 11 is 0. The molecule has 0 saturated carbocycles. The number of anilines is 1. The fourth-order valence-electron chi connectivity index (χ4n) is 2.80. The van der Waals surface area contributed by atoms with Crippen LogP contribution in [-0.2, 0) is 6.42 Å². The van der Waals surface area contributed by atoms with Crippen molar-refractivity contribution in [2.75, 3.05) is 12.2 Å². The Morgan fingerprint density at radius 3 is 2.96 bits per heavy atom. The van der Waals surface area contributed by atoms with Crippen LogP contribution in [-0.4, -0.2) is 18.3 Å². The number of nitrogens with one attached hydrogen (secondary N) is 1. The van der Waals surface area contributed by atoms with Gasteiger partial charge in [0.1, 0.15) is 0 Å². The Hall–Kier alpha value is -2.82. The van der Waals surface area contributed by atoms with Crippen molar-refractivity contribution in [1.82, 2.24) is 0 Å². The lowest BCUT2D eigenvalue weighted by Gasteiger charge is -2.16. The molecule has 0 aliphatic carbocycles. The van der Waals surface area contributed by atoms with E-state index < -0.39 is 0 Å². The summed E-state index contributed by atoms with van der Waals surface area (Å²) in [7, 11) is 0. The number of benzene rings is 2. The highest BCUT2D eigenvalue weighted by Crippen LogP contribution is 2.33. The lowest BCUT2D eigenvalue weighted by atomic mass is 9.99. The summed E-state index contributed by atoms with van der Waals surface area (Å²) in [5.41, 5.74) is 6.96. The Morgan fingerprint density at radius 2 is 2.00 bits per heavy atom. The van der Waals surface area contributed by atoms with Crippen LogP contribution in [0.4, 0.5) is 5.69 Å². The first-order valence-electron chi connectivity index (χ1n) is 7.62. The van der Waals surface area contributed by atoms with Crippen LogP contribution in [0.15, 0.2) is 47.6 Å². The highest BCUT2D eigenvalue weighted by molar-refractivity contribution is 6.00. The van der Waals surface area contributed by atoms with E-state index >= 15 is 0 Å². The second-order valence-electron chi connectivity index (χ2n) is 5.61. The number of fused-ring (bicyclic) bond motifs is 2. The number of ketones is 1. The zero-order valence-electron chi connectivity index (χ0n) is 12.5. The van der Waals surface area contributed by atoms with Crippen LogP contribution < -0.4 is 14.9 Å². The molecule has 0 radical (unpaired) electrons. The molecule has 23 heavy (non-hydrogen) atoms. The maximum absolute atomic E-state index is 12.4. The maximum atomic E-state index is 12.4. The van der Waals surface area contributed by atoms with Gasteiger partial charge in [0.15, 0.2) is 17.3 Å². The molecule has 0 amide bonds. The van der Waals surface area contributed by atoms with Crippen LogP contribution >= 0.6 is 0 Å². The van der Waals surface area contributed by atoms with Gasteiger partial charge in [-0.15, -0.1) is 0 Å². The van der Waals surface area contributed by atoms with Crippen LogP contribution in [0, 0.1) is 0 Å². The first-order valence-corrected chi connectivity index (χ1v) is 7.62. The number of rotatable bonds is 4. The zero-order valence-corrected chi connectivity index (χ0v) is 12.5. The summed E-state index contributed by atoms with van der Waals surface area (Å²) in [4.78, 5) is 12.4. The summed E-state index contributed by atoms with van der Waals surface area (Å²) in [5, 5.41) is 4.36. The van der Waals surface area contributed by atoms with Crippen molar-refractivity contribution >= 4 is 17.2 Å². The highest BCUT2D eigenvalue weighted by Gasteiger charge is 2.17. The standard InChI is InChI=1S/C18H16N2O3/c21-16(13-5-8-17-18(10-13)23-11-22-17)7-6-14-9-12-3-1-2-4-15(12)20-19-14/h1-5,8,10,20H,6-7,9,11H2. The monoisotopic (exact) mass is 308 g/mol. The number of hydrogen-bond acceptors (Lipinski definition) is 5. The van der Waals surface area contributed by atoms with E-state index in [9.17, 15) is 4.79 Å². The summed E-state index contributed by atoms with van der Waals surface area (Å²) in [6, 6.07) is 13.4. The van der Waals surface area contributed by atoms with E-state index in [4.69, 9.17) is 9.47 Å². The number of hydrazone groups is 1. The smallest absolute Gasteiger partial charge is 0.231 e. The first-order chi connectivity index (χ1) is 11.3. The predicted molar refractivity (Wildman–Crippen MR) is 87.3 cm³/mol. The molecule has 5 heteroatoms. The molecule has 0 unspecified atom stereocenters. The Kier molecular flexibility index (Phi) is 3.46. The number of carbonyl (C=O) groups is 1. The fraction of sp³-hybridized carbons (Fsp3) is 0.222. The molecule has 2 aromatic carbocycles. The Bertz CT molecular complexity index is 799. The average molecular weight is 308 g/mol. The van der Waals surface area contributed by atoms with Gasteiger partial charge in [-0.1, -0.05) is 18.2 Å². The maximum Gasteiger partial charge on any atom is 0.231 e. The number of para-hydroxylation sites is 1. The van der Waals surface area contributed by atoms with E-state index in [1.807, 2.05) is 18.2 Å². The van der Waals surface area contributed by atoms with Crippen molar-refractivity contribution in [3.63, 3.8) is 0 Å². The third-order valence-corrected chi connectivity index (χ3v) is 4.08. The van der Waals surface area contributed by atoms with E-state index in [0.717, 1.165) is 17.8 Å². The van der Waals surface area contributed by atoms with Gasteiger partial charge in [-0.3, -0.25) is 10.2 Å². The van der Waals surface area contributed by atoms with Crippen molar-refractivity contribution in [1.29, 1.82) is 0 Å². The van der Waals surface area contributed by atoms with E-state index in [2.05, 4.69) is 16.6 Å². The van der Waals surface area contributed by atoms with Crippen molar-refractivity contribution in [3.05, 3.63) is 53.6 Å². The van der Waals surface area contributed by atoms with Gasteiger partial charge in [0, 0.05) is 24.1 Å². The van der Waals surface area contributed by atoms with Gasteiger partial charge in [0.05, 0.1) is 5.69 Å². The second kappa shape index (κ2) is 5.76. The fourth-order valence-corrected chi connectivity index (χ4v) is 2.80. The predicted octanol–water partition coefficient (Wildman–Crippen LogP) is 3.40. The topological polar surface area (TPSA) is 59.9 Å². The van der Waals surface area contributed by atoms with Crippen LogP contribution in [0.3, 0.4) is 0 Å². The minimum Gasteiger partial charge on any atom is -0.454 e. The number of nitrogens with zero attached hydrogens (tertiary/aromatic N) is 1. The van der Waals surface area contributed by atoms with Gasteiger partial charge in [-0.05, 0) is 36.2 Å². The van der Waals surface area contributed by atoms with E-state index in [-0.39, 0.29) is 12.6 Å². The molecule has 0 atom stereocenters. The number of carbonyl (C=O) groups excluding carboxylic acids is 1. The molecular weight excluding hydrogens is 292 g/mol. The molecule has 2 aliphatic rings. The summed E-state index contributed by atoms with van der Waals surface area (Å²) in [6.45, 7) is 0.217. The molecule has 0 spiro atoms. The van der Waals surface area contributed by atoms with Crippen molar-refractivity contribution in [3.8, 4) is 11.5 Å². The molecule has 116 valence electrons. The van der Waals surface area contributed by atoms with Crippen LogP contribution in [0.25, 0.3) is 0 Å². The molecule has 0 fully saturated rings. The molecule has 2 heterocycles. The molecule has 0 bridgehead atoms. The van der Waals surface area contributed by atoms with Crippen LogP contribution in [0.2, 0.25) is 0 Å². The largest absolute Gasteiger partial charge is 0.454 e. The van der Waals surface area contributed by atoms with E-state index in [1.54, 1.807) is 18.2 Å². The normalized spacial score (nSPS) is 14.7. The van der Waals surface area contributed by atoms with Gasteiger partial charge >= 0.3 is 0 Å². The van der Waals surface area contributed by atoms with Crippen LogP contribution in [0.5, 0.6) is 11.5 Å². The minimum atomic E-state index is 0.0878. The second-order valence-corrected chi connectivity index (χ2v) is 5.61. The quantitative estimate of drug-likeness (QED) is 0.879. The molecule has 2 aromatic rings. The molecule has 4 rings (SSSR count). The van der Waals surface area contributed by atoms with E-state index in [1.165, 1.54) is 5.56 Å². The Labute approximate surface area is 133 Å². The summed E-state index contributed by atoms with van der Waals surface area (Å²) < 4.78 is 10.6. The van der Waals surface area contributed by atoms with Crippen molar-refractivity contribution in [2.24, 2.45) is 5.10 Å². The average Bonchev–Trinajstić information content (AvgIpc) is 3.07. The summed E-state index contributed by atoms with van der Waals surface area (Å²) in [6.07, 6.45) is 1.87. The first kappa shape index (κ1) is 13.8. The lowest BCUT2D eigenvalue weighted by molar-refractivity contribution is 0.0984. The molecule has 1 N–H and O–H groups in total. The molecular formula is C18H16N2O3. The van der Waals surface area contributed by atoms with Gasteiger partial charge in [-0.2, -0.15) is 5.10 Å². The van der Waals surface area contributed by atoms with Crippen molar-refractivity contribution < 1.29 is 14.3 Å². The van der Waals surface area contributed by atoms with E-state index in [0.29, 0.717) is 29.9 Å².